The van der Waals surface area contributed by atoms with Crippen LogP contribution in [0, 0.1) is 0 Å². The van der Waals surface area contributed by atoms with Gasteiger partial charge in [0.1, 0.15) is 11.5 Å². The predicted molar refractivity (Wildman–Crippen MR) is 96.9 cm³/mol. The fourth-order valence-electron chi connectivity index (χ4n) is 1.88. The Morgan fingerprint density at radius 3 is 2.76 bits per heavy atom. The Labute approximate surface area is 152 Å². The number of halogens is 1. The first-order valence-electron chi connectivity index (χ1n) is 7.23. The molecule has 8 heteroatoms. The monoisotopic (exact) mass is 405 g/mol. The van der Waals surface area contributed by atoms with Gasteiger partial charge >= 0.3 is 0 Å². The number of carbonyl (C=O) groups is 2. The van der Waals surface area contributed by atoms with E-state index < -0.39 is 5.91 Å². The minimum Gasteiger partial charge on any atom is -0.507 e. The molecule has 0 atom stereocenters. The number of methoxy groups -OCH3 is 1. The molecule has 7 nitrogen and oxygen atoms in total. The van der Waals surface area contributed by atoms with Crippen LogP contribution in [0.25, 0.3) is 0 Å². The van der Waals surface area contributed by atoms with E-state index in [0.29, 0.717) is 21.3 Å². The van der Waals surface area contributed by atoms with E-state index in [1.807, 2.05) is 0 Å². The molecule has 3 N–H and O–H groups in total. The van der Waals surface area contributed by atoms with Crippen LogP contribution in [0.1, 0.15) is 15.9 Å². The summed E-state index contributed by atoms with van der Waals surface area (Å²) in [6.07, 6.45) is 1.28. The summed E-state index contributed by atoms with van der Waals surface area (Å²) in [7, 11) is 1.50. The number of hydrogen-bond acceptors (Lipinski definition) is 5. The molecule has 2 rings (SSSR count). The van der Waals surface area contributed by atoms with Gasteiger partial charge in [-0.1, -0.05) is 12.1 Å². The summed E-state index contributed by atoms with van der Waals surface area (Å²) >= 11 is 3.27. The van der Waals surface area contributed by atoms with Crippen molar-refractivity contribution in [3.05, 3.63) is 58.1 Å². The minimum absolute atomic E-state index is 0.000953. The summed E-state index contributed by atoms with van der Waals surface area (Å²) in [4.78, 5) is 23.7. The number of hydrazone groups is 1. The maximum absolute atomic E-state index is 12.0. The zero-order valence-electron chi connectivity index (χ0n) is 13.3. The number of benzene rings is 2. The van der Waals surface area contributed by atoms with Crippen LogP contribution >= 0.6 is 15.9 Å². The minimum atomic E-state index is -0.501. The van der Waals surface area contributed by atoms with Crippen molar-refractivity contribution in [3.8, 4) is 11.5 Å². The van der Waals surface area contributed by atoms with Crippen molar-refractivity contribution in [2.75, 3.05) is 13.7 Å². The van der Waals surface area contributed by atoms with Gasteiger partial charge in [0.15, 0.2) is 0 Å². The van der Waals surface area contributed by atoms with Crippen molar-refractivity contribution in [2.24, 2.45) is 5.10 Å². The van der Waals surface area contributed by atoms with E-state index in [0.717, 1.165) is 0 Å². The highest BCUT2D eigenvalue weighted by atomic mass is 79.9. The molecule has 0 saturated heterocycles. The van der Waals surface area contributed by atoms with E-state index in [1.165, 1.54) is 19.4 Å². The lowest BCUT2D eigenvalue weighted by atomic mass is 10.2. The number of phenolic OH excluding ortho intramolecular Hbond substituents is 1. The molecule has 0 heterocycles. The molecule has 2 aromatic rings. The van der Waals surface area contributed by atoms with Crippen molar-refractivity contribution in [1.29, 1.82) is 0 Å². The largest absolute Gasteiger partial charge is 0.507 e. The Hall–Kier alpha value is -2.87. The van der Waals surface area contributed by atoms with Crippen LogP contribution in [0.2, 0.25) is 0 Å². The topological polar surface area (TPSA) is 100 Å². The van der Waals surface area contributed by atoms with Gasteiger partial charge in [-0.3, -0.25) is 9.59 Å². The van der Waals surface area contributed by atoms with Crippen molar-refractivity contribution >= 4 is 34.0 Å². The fourth-order valence-corrected chi connectivity index (χ4v) is 2.34. The van der Waals surface area contributed by atoms with Crippen molar-refractivity contribution in [1.82, 2.24) is 10.7 Å². The number of amides is 2. The molecule has 0 aliphatic rings. The number of nitrogens with zero attached hydrogens (tertiary/aromatic N) is 1. The third-order valence-corrected chi connectivity index (χ3v) is 3.85. The Bertz CT molecular complexity index is 808. The van der Waals surface area contributed by atoms with Gasteiger partial charge in [0, 0.05) is 10.0 Å². The summed E-state index contributed by atoms with van der Waals surface area (Å²) in [6, 6.07) is 11.5. The number of rotatable bonds is 6. The average Bonchev–Trinajstić information content (AvgIpc) is 2.61. The lowest BCUT2D eigenvalue weighted by Gasteiger charge is -2.06. The molecule has 0 fully saturated rings. The normalized spacial score (nSPS) is 10.5. The van der Waals surface area contributed by atoms with Crippen LogP contribution in [0.5, 0.6) is 11.5 Å². The van der Waals surface area contributed by atoms with Crippen molar-refractivity contribution < 1.29 is 19.4 Å². The average molecular weight is 406 g/mol. The second-order valence-electron chi connectivity index (χ2n) is 4.88. The van der Waals surface area contributed by atoms with Gasteiger partial charge in [-0.05, 0) is 46.3 Å². The van der Waals surface area contributed by atoms with Gasteiger partial charge < -0.3 is 15.2 Å². The summed E-state index contributed by atoms with van der Waals surface area (Å²) < 4.78 is 5.68. The Balaban J connectivity index is 1.87. The lowest BCUT2D eigenvalue weighted by molar-refractivity contribution is -0.120. The zero-order valence-corrected chi connectivity index (χ0v) is 14.9. The summed E-state index contributed by atoms with van der Waals surface area (Å²) in [5, 5.41) is 15.9. The molecule has 0 aliphatic carbocycles. The van der Waals surface area contributed by atoms with Crippen molar-refractivity contribution in [2.45, 2.75) is 0 Å². The molecule has 2 amide bonds. The first-order chi connectivity index (χ1) is 12.0. The summed E-state index contributed by atoms with van der Waals surface area (Å²) in [5.41, 5.74) is 3.09. The fraction of sp³-hybridized carbons (Fsp3) is 0.118. The molecule has 0 radical (unpaired) electrons. The quantitative estimate of drug-likeness (QED) is 0.505. The van der Waals surface area contributed by atoms with E-state index in [1.54, 1.807) is 36.4 Å². The molecule has 0 spiro atoms. The molecule has 0 aromatic heterocycles. The zero-order chi connectivity index (χ0) is 18.2. The van der Waals surface area contributed by atoms with Crippen LogP contribution in [0.15, 0.2) is 52.0 Å². The number of aromatic hydroxyl groups is 1. The van der Waals surface area contributed by atoms with Gasteiger partial charge in [0.25, 0.3) is 11.8 Å². The molecule has 25 heavy (non-hydrogen) atoms. The first kappa shape index (κ1) is 18.5. The van der Waals surface area contributed by atoms with E-state index in [2.05, 4.69) is 31.8 Å². The van der Waals surface area contributed by atoms with E-state index in [9.17, 15) is 14.7 Å². The third-order valence-electron chi connectivity index (χ3n) is 3.16. The van der Waals surface area contributed by atoms with Gasteiger partial charge in [-0.2, -0.15) is 5.10 Å². The van der Waals surface area contributed by atoms with Gasteiger partial charge in [0.05, 0.1) is 25.4 Å². The molecule has 0 aliphatic heterocycles. The van der Waals surface area contributed by atoms with Crippen LogP contribution in [0.4, 0.5) is 0 Å². The molecular weight excluding hydrogens is 390 g/mol. The highest BCUT2D eigenvalue weighted by Crippen LogP contribution is 2.20. The summed E-state index contributed by atoms with van der Waals surface area (Å²) in [5.74, 6) is -0.330. The van der Waals surface area contributed by atoms with Crippen LogP contribution in [0.3, 0.4) is 0 Å². The number of hydrogen-bond donors (Lipinski definition) is 3. The molecule has 0 saturated carbocycles. The van der Waals surface area contributed by atoms with Gasteiger partial charge in [-0.15, -0.1) is 0 Å². The number of phenols is 1. The van der Waals surface area contributed by atoms with Crippen LogP contribution in [-0.2, 0) is 4.79 Å². The number of nitrogens with one attached hydrogen (secondary N) is 2. The molecule has 2 aromatic carbocycles. The maximum atomic E-state index is 12.0. The van der Waals surface area contributed by atoms with Crippen LogP contribution in [-0.4, -0.2) is 36.8 Å². The Kier molecular flexibility index (Phi) is 6.53. The number of carbonyl (C=O) groups excluding carboxylic acids is 2. The third kappa shape index (κ3) is 5.32. The van der Waals surface area contributed by atoms with E-state index in [-0.39, 0.29) is 18.2 Å². The second kappa shape index (κ2) is 8.84. The SMILES string of the molecule is COc1ccc(O)c(/C=N\NC(=O)CNC(=O)c2ccccc2Br)c1. The molecule has 0 bridgehead atoms. The van der Waals surface area contributed by atoms with Crippen LogP contribution < -0.4 is 15.5 Å². The standard InChI is InChI=1S/C17H16BrN3O4/c1-25-12-6-7-15(22)11(8-12)9-20-21-16(23)10-19-17(24)13-4-2-3-5-14(13)18/h2-9,22H,10H2,1H3,(H,19,24)(H,21,23)/b20-9-. The highest BCUT2D eigenvalue weighted by Gasteiger charge is 2.10. The molecular formula is C17H16BrN3O4. The van der Waals surface area contributed by atoms with Crippen molar-refractivity contribution in [3.63, 3.8) is 0 Å². The second-order valence-corrected chi connectivity index (χ2v) is 5.73. The smallest absolute Gasteiger partial charge is 0.259 e. The van der Waals surface area contributed by atoms with E-state index >= 15 is 0 Å². The maximum Gasteiger partial charge on any atom is 0.259 e. The Morgan fingerprint density at radius 1 is 1.28 bits per heavy atom. The Morgan fingerprint density at radius 2 is 2.04 bits per heavy atom. The van der Waals surface area contributed by atoms with Gasteiger partial charge in [-0.25, -0.2) is 5.43 Å². The summed E-state index contributed by atoms with van der Waals surface area (Å²) in [6.45, 7) is -0.235. The predicted octanol–water partition coefficient (Wildman–Crippen LogP) is 2.04. The number of ether oxygens (including phenoxy) is 1. The molecule has 130 valence electrons. The first-order valence-corrected chi connectivity index (χ1v) is 8.02. The molecule has 0 unspecified atom stereocenters. The van der Waals surface area contributed by atoms with Gasteiger partial charge in [0.2, 0.25) is 0 Å². The van der Waals surface area contributed by atoms with E-state index in [4.69, 9.17) is 4.74 Å². The lowest BCUT2D eigenvalue weighted by Crippen LogP contribution is -2.35. The highest BCUT2D eigenvalue weighted by molar-refractivity contribution is 9.10.